The van der Waals surface area contributed by atoms with E-state index in [0.29, 0.717) is 5.54 Å². The van der Waals surface area contributed by atoms with Crippen LogP contribution in [0.25, 0.3) is 0 Å². The molecule has 2 heterocycles. The Balaban J connectivity index is 1.83. The van der Waals surface area contributed by atoms with Gasteiger partial charge in [-0.1, -0.05) is 0 Å². The zero-order valence-corrected chi connectivity index (χ0v) is 9.78. The lowest BCUT2D eigenvalue weighted by Gasteiger charge is -2.49. The highest BCUT2D eigenvalue weighted by Crippen LogP contribution is 2.43. The SMILES string of the molecule is CN(C1CC1)C1(CN)CCN2CCC1C2. The number of rotatable bonds is 3. The molecule has 3 nitrogen and oxygen atoms in total. The van der Waals surface area contributed by atoms with Crippen LogP contribution in [0.3, 0.4) is 0 Å². The summed E-state index contributed by atoms with van der Waals surface area (Å²) in [5, 5.41) is 0. The van der Waals surface area contributed by atoms with E-state index in [0.717, 1.165) is 18.5 Å². The quantitative estimate of drug-likeness (QED) is 0.735. The minimum Gasteiger partial charge on any atom is -0.329 e. The van der Waals surface area contributed by atoms with Crippen molar-refractivity contribution < 1.29 is 0 Å². The second kappa shape index (κ2) is 3.44. The Morgan fingerprint density at radius 1 is 1.33 bits per heavy atom. The molecule has 0 amide bonds. The lowest BCUT2D eigenvalue weighted by atomic mass is 9.77. The monoisotopic (exact) mass is 209 g/mol. The first kappa shape index (κ1) is 10.1. The van der Waals surface area contributed by atoms with Crippen molar-refractivity contribution in [3.8, 4) is 0 Å². The van der Waals surface area contributed by atoms with E-state index in [1.54, 1.807) is 0 Å². The van der Waals surface area contributed by atoms with Crippen LogP contribution >= 0.6 is 0 Å². The summed E-state index contributed by atoms with van der Waals surface area (Å²) in [6.45, 7) is 4.74. The van der Waals surface area contributed by atoms with Gasteiger partial charge in [-0.3, -0.25) is 4.90 Å². The number of nitrogens with zero attached hydrogens (tertiary/aromatic N) is 2. The highest BCUT2D eigenvalue weighted by Gasteiger charge is 2.50. The molecule has 0 aromatic heterocycles. The number of likely N-dealkylation sites (N-methyl/N-ethyl adjacent to an activating group) is 1. The standard InChI is InChI=1S/C12H23N3/c1-14(11-2-3-11)12(9-13)5-7-15-6-4-10(12)8-15/h10-11H,2-9,13H2,1H3. The highest BCUT2D eigenvalue weighted by atomic mass is 15.3. The Bertz CT molecular complexity index is 247. The van der Waals surface area contributed by atoms with Gasteiger partial charge in [-0.25, -0.2) is 0 Å². The summed E-state index contributed by atoms with van der Waals surface area (Å²) in [6.07, 6.45) is 5.46. The number of hydrogen-bond acceptors (Lipinski definition) is 3. The molecule has 0 aromatic carbocycles. The topological polar surface area (TPSA) is 32.5 Å². The third-order valence-electron chi connectivity index (χ3n) is 5.04. The Kier molecular flexibility index (Phi) is 2.31. The van der Waals surface area contributed by atoms with E-state index < -0.39 is 0 Å². The maximum absolute atomic E-state index is 6.13. The van der Waals surface area contributed by atoms with Crippen molar-refractivity contribution in [2.24, 2.45) is 11.7 Å². The molecule has 3 aliphatic rings. The molecule has 86 valence electrons. The van der Waals surface area contributed by atoms with Gasteiger partial charge in [0.15, 0.2) is 0 Å². The van der Waals surface area contributed by atoms with Crippen LogP contribution in [0, 0.1) is 5.92 Å². The molecule has 3 rings (SSSR count). The van der Waals surface area contributed by atoms with Gasteiger partial charge in [0.25, 0.3) is 0 Å². The summed E-state index contributed by atoms with van der Waals surface area (Å²) in [6, 6.07) is 0.848. The fraction of sp³-hybridized carbons (Fsp3) is 1.00. The number of nitrogens with two attached hydrogens (primary N) is 1. The predicted molar refractivity (Wildman–Crippen MR) is 61.7 cm³/mol. The lowest BCUT2D eigenvalue weighted by Crippen LogP contribution is -2.61. The van der Waals surface area contributed by atoms with Gasteiger partial charge in [-0.15, -0.1) is 0 Å². The molecule has 1 saturated carbocycles. The van der Waals surface area contributed by atoms with E-state index >= 15 is 0 Å². The smallest absolute Gasteiger partial charge is 0.0384 e. The van der Waals surface area contributed by atoms with Crippen molar-refractivity contribution in [3.63, 3.8) is 0 Å². The van der Waals surface area contributed by atoms with Gasteiger partial charge in [-0.2, -0.15) is 0 Å². The summed E-state index contributed by atoms with van der Waals surface area (Å²) in [4.78, 5) is 5.25. The molecule has 0 radical (unpaired) electrons. The molecule has 2 bridgehead atoms. The number of hydrogen-bond donors (Lipinski definition) is 1. The molecule has 0 aromatic rings. The van der Waals surface area contributed by atoms with Gasteiger partial charge in [0.2, 0.25) is 0 Å². The van der Waals surface area contributed by atoms with Gasteiger partial charge in [0, 0.05) is 24.7 Å². The van der Waals surface area contributed by atoms with Crippen molar-refractivity contribution >= 4 is 0 Å². The molecule has 3 fully saturated rings. The predicted octanol–water partition coefficient (Wildman–Crippen LogP) is 0.504. The maximum Gasteiger partial charge on any atom is 0.0384 e. The molecule has 3 heteroatoms. The van der Waals surface area contributed by atoms with Crippen LogP contribution in [0.1, 0.15) is 25.7 Å². The number of piperidine rings is 1. The van der Waals surface area contributed by atoms with E-state index in [2.05, 4.69) is 16.8 Å². The Labute approximate surface area is 92.6 Å². The molecule has 3 unspecified atom stereocenters. The summed E-state index contributed by atoms with van der Waals surface area (Å²) in [7, 11) is 2.32. The first-order valence-corrected chi connectivity index (χ1v) is 6.41. The maximum atomic E-state index is 6.13. The van der Waals surface area contributed by atoms with E-state index in [1.165, 1.54) is 45.3 Å². The van der Waals surface area contributed by atoms with Gasteiger partial charge in [0.1, 0.15) is 0 Å². The second-order valence-electron chi connectivity index (χ2n) is 5.69. The molecule has 3 atom stereocenters. The summed E-state index contributed by atoms with van der Waals surface area (Å²) < 4.78 is 0. The largest absolute Gasteiger partial charge is 0.329 e. The Hall–Kier alpha value is -0.120. The Morgan fingerprint density at radius 2 is 2.13 bits per heavy atom. The summed E-state index contributed by atoms with van der Waals surface area (Å²) in [5.41, 5.74) is 6.47. The molecule has 2 aliphatic heterocycles. The number of fused-ring (bicyclic) bond motifs is 2. The van der Waals surface area contributed by atoms with E-state index in [1.807, 2.05) is 0 Å². The lowest BCUT2D eigenvalue weighted by molar-refractivity contribution is 0.0210. The molecule has 15 heavy (non-hydrogen) atoms. The van der Waals surface area contributed by atoms with Crippen LogP contribution in [0.15, 0.2) is 0 Å². The average Bonchev–Trinajstić information content (AvgIpc) is 3.04. The third kappa shape index (κ3) is 1.44. The fourth-order valence-electron chi connectivity index (χ4n) is 3.73. The van der Waals surface area contributed by atoms with Crippen LogP contribution in [0.5, 0.6) is 0 Å². The highest BCUT2D eigenvalue weighted by molar-refractivity contribution is 5.07. The molecule has 2 N–H and O–H groups in total. The van der Waals surface area contributed by atoms with Crippen molar-refractivity contribution in [1.82, 2.24) is 9.80 Å². The molecule has 2 saturated heterocycles. The summed E-state index contributed by atoms with van der Waals surface area (Å²) in [5.74, 6) is 0.835. The van der Waals surface area contributed by atoms with Crippen LogP contribution in [0.2, 0.25) is 0 Å². The van der Waals surface area contributed by atoms with Crippen molar-refractivity contribution in [3.05, 3.63) is 0 Å². The van der Waals surface area contributed by atoms with Gasteiger partial charge >= 0.3 is 0 Å². The molecular formula is C12H23N3. The first-order chi connectivity index (χ1) is 7.26. The normalized spacial score (nSPS) is 45.0. The van der Waals surface area contributed by atoms with Gasteiger partial charge < -0.3 is 10.6 Å². The molecule has 0 spiro atoms. The molecular weight excluding hydrogens is 186 g/mol. The van der Waals surface area contributed by atoms with Crippen molar-refractivity contribution in [2.45, 2.75) is 37.3 Å². The fourth-order valence-corrected chi connectivity index (χ4v) is 3.73. The third-order valence-corrected chi connectivity index (χ3v) is 5.04. The van der Waals surface area contributed by atoms with Gasteiger partial charge in [0.05, 0.1) is 0 Å². The van der Waals surface area contributed by atoms with Crippen LogP contribution in [0.4, 0.5) is 0 Å². The van der Waals surface area contributed by atoms with E-state index in [9.17, 15) is 0 Å². The van der Waals surface area contributed by atoms with E-state index in [-0.39, 0.29) is 0 Å². The first-order valence-electron chi connectivity index (χ1n) is 6.41. The molecule has 1 aliphatic carbocycles. The zero-order chi connectivity index (χ0) is 10.5. The van der Waals surface area contributed by atoms with Crippen LogP contribution in [-0.4, -0.2) is 54.6 Å². The second-order valence-corrected chi connectivity index (χ2v) is 5.69. The average molecular weight is 209 g/mol. The van der Waals surface area contributed by atoms with Crippen molar-refractivity contribution in [2.75, 3.05) is 33.2 Å². The van der Waals surface area contributed by atoms with Crippen molar-refractivity contribution in [1.29, 1.82) is 0 Å². The minimum atomic E-state index is 0.341. The van der Waals surface area contributed by atoms with Crippen LogP contribution in [-0.2, 0) is 0 Å². The van der Waals surface area contributed by atoms with Crippen LogP contribution < -0.4 is 5.73 Å². The van der Waals surface area contributed by atoms with E-state index in [4.69, 9.17) is 5.73 Å². The zero-order valence-electron chi connectivity index (χ0n) is 9.78. The van der Waals surface area contributed by atoms with Gasteiger partial charge in [-0.05, 0) is 51.7 Å². The summed E-state index contributed by atoms with van der Waals surface area (Å²) >= 11 is 0. The minimum absolute atomic E-state index is 0.341. The Morgan fingerprint density at radius 3 is 2.80 bits per heavy atom.